The van der Waals surface area contributed by atoms with Gasteiger partial charge in [0.05, 0.1) is 11.7 Å². The highest BCUT2D eigenvalue weighted by Gasteiger charge is 2.30. The van der Waals surface area contributed by atoms with Gasteiger partial charge in [0.15, 0.2) is 5.82 Å². The number of hydrogen-bond acceptors (Lipinski definition) is 7. The quantitative estimate of drug-likeness (QED) is 0.674. The monoisotopic (exact) mass is 394 g/mol. The average molecular weight is 395 g/mol. The summed E-state index contributed by atoms with van der Waals surface area (Å²) in [5.74, 6) is 2.67. The minimum Gasteiger partial charge on any atom is -0.363 e. The molecule has 1 saturated heterocycles. The van der Waals surface area contributed by atoms with Crippen LogP contribution < -0.4 is 14.7 Å². The van der Waals surface area contributed by atoms with Crippen molar-refractivity contribution in [3.63, 3.8) is 0 Å². The Morgan fingerprint density at radius 3 is 2.62 bits per heavy atom. The molecule has 1 atom stereocenters. The van der Waals surface area contributed by atoms with Crippen molar-refractivity contribution < 1.29 is 0 Å². The van der Waals surface area contributed by atoms with Crippen molar-refractivity contribution in [3.05, 3.63) is 36.4 Å². The molecule has 0 amide bonds. The van der Waals surface area contributed by atoms with Crippen LogP contribution in [-0.4, -0.2) is 64.8 Å². The molecule has 8 nitrogen and oxygen atoms in total. The van der Waals surface area contributed by atoms with Crippen LogP contribution in [0.2, 0.25) is 0 Å². The van der Waals surface area contributed by atoms with Crippen LogP contribution in [0, 0.1) is 0 Å². The second kappa shape index (κ2) is 7.17. The number of nitrogens with zero attached hydrogens (tertiary/aromatic N) is 8. The zero-order chi connectivity index (χ0) is 20.8. The first-order chi connectivity index (χ1) is 13.7. The van der Waals surface area contributed by atoms with Crippen LogP contribution in [0.4, 0.5) is 17.6 Å². The maximum atomic E-state index is 4.76. The Balaban J connectivity index is 1.57. The molecule has 1 aliphatic rings. The van der Waals surface area contributed by atoms with Gasteiger partial charge in [-0.1, -0.05) is 20.8 Å². The first kappa shape index (κ1) is 19.4. The van der Waals surface area contributed by atoms with E-state index in [1.165, 1.54) is 0 Å². The van der Waals surface area contributed by atoms with Gasteiger partial charge >= 0.3 is 0 Å². The molecule has 4 heterocycles. The summed E-state index contributed by atoms with van der Waals surface area (Å²) < 4.78 is 1.95. The fraction of sp³-hybridized carbons (Fsp3) is 0.524. The third kappa shape index (κ3) is 3.71. The van der Waals surface area contributed by atoms with E-state index in [0.717, 1.165) is 48.3 Å². The summed E-state index contributed by atoms with van der Waals surface area (Å²) in [6.07, 6.45) is 6.62. The van der Waals surface area contributed by atoms with E-state index in [-0.39, 0.29) is 5.41 Å². The van der Waals surface area contributed by atoms with Crippen molar-refractivity contribution in [2.45, 2.75) is 38.6 Å². The molecule has 0 aliphatic carbocycles. The fourth-order valence-electron chi connectivity index (χ4n) is 3.69. The first-order valence-electron chi connectivity index (χ1n) is 10.1. The Morgan fingerprint density at radius 1 is 1.10 bits per heavy atom. The van der Waals surface area contributed by atoms with Gasteiger partial charge in [-0.25, -0.2) is 14.5 Å². The first-order valence-corrected chi connectivity index (χ1v) is 10.1. The van der Waals surface area contributed by atoms with Gasteiger partial charge in [-0.05, 0) is 18.6 Å². The van der Waals surface area contributed by atoms with E-state index >= 15 is 0 Å². The van der Waals surface area contributed by atoms with Crippen LogP contribution >= 0.6 is 0 Å². The number of fused-ring (bicyclic) bond motifs is 1. The average Bonchev–Trinajstić information content (AvgIpc) is 3.34. The lowest BCUT2D eigenvalue weighted by Gasteiger charge is -2.26. The summed E-state index contributed by atoms with van der Waals surface area (Å²) >= 11 is 0. The molecule has 3 aromatic rings. The fourth-order valence-corrected chi connectivity index (χ4v) is 3.69. The van der Waals surface area contributed by atoms with E-state index in [4.69, 9.17) is 10.1 Å². The third-order valence-corrected chi connectivity index (χ3v) is 5.55. The molecular weight excluding hydrogens is 364 g/mol. The van der Waals surface area contributed by atoms with E-state index in [1.54, 1.807) is 0 Å². The highest BCUT2D eigenvalue weighted by molar-refractivity contribution is 5.70. The van der Waals surface area contributed by atoms with Crippen LogP contribution in [0.15, 0.2) is 30.7 Å². The number of hydrogen-bond donors (Lipinski definition) is 0. The Bertz CT molecular complexity index is 1000. The maximum Gasteiger partial charge on any atom is 0.227 e. The van der Waals surface area contributed by atoms with Gasteiger partial charge in [-0.2, -0.15) is 10.1 Å². The Hall–Kier alpha value is -2.90. The summed E-state index contributed by atoms with van der Waals surface area (Å²) in [4.78, 5) is 20.4. The third-order valence-electron chi connectivity index (χ3n) is 5.55. The minimum atomic E-state index is 0.00580. The summed E-state index contributed by atoms with van der Waals surface area (Å²) in [6.45, 7) is 8.39. The number of aromatic nitrogens is 5. The molecule has 0 N–H and O–H groups in total. The molecule has 1 unspecified atom stereocenters. The largest absolute Gasteiger partial charge is 0.363 e. The van der Waals surface area contributed by atoms with Crippen LogP contribution in [0.5, 0.6) is 0 Å². The van der Waals surface area contributed by atoms with Crippen LogP contribution in [-0.2, 0) is 5.41 Å². The zero-order valence-corrected chi connectivity index (χ0v) is 18.2. The van der Waals surface area contributed by atoms with Gasteiger partial charge in [-0.3, -0.25) is 0 Å². The van der Waals surface area contributed by atoms with Crippen molar-refractivity contribution in [1.82, 2.24) is 24.6 Å². The molecule has 1 fully saturated rings. The molecule has 0 spiro atoms. The van der Waals surface area contributed by atoms with E-state index in [0.29, 0.717) is 6.04 Å². The minimum absolute atomic E-state index is 0.00580. The lowest BCUT2D eigenvalue weighted by atomic mass is 9.92. The second-order valence-corrected chi connectivity index (χ2v) is 8.97. The van der Waals surface area contributed by atoms with Gasteiger partial charge in [0.25, 0.3) is 0 Å². The highest BCUT2D eigenvalue weighted by Crippen LogP contribution is 2.29. The van der Waals surface area contributed by atoms with E-state index < -0.39 is 0 Å². The van der Waals surface area contributed by atoms with Gasteiger partial charge < -0.3 is 14.7 Å². The maximum absolute atomic E-state index is 4.76. The second-order valence-electron chi connectivity index (χ2n) is 8.97. The molecule has 0 radical (unpaired) electrons. The molecule has 0 aromatic carbocycles. The molecule has 1 aliphatic heterocycles. The summed E-state index contributed by atoms with van der Waals surface area (Å²) in [7, 11) is 6.06. The molecule has 8 heteroatoms. The van der Waals surface area contributed by atoms with Crippen molar-refractivity contribution in [3.8, 4) is 0 Å². The summed E-state index contributed by atoms with van der Waals surface area (Å²) in [5, 5.41) is 4.76. The van der Waals surface area contributed by atoms with Crippen LogP contribution in [0.25, 0.3) is 5.52 Å². The van der Waals surface area contributed by atoms with E-state index in [9.17, 15) is 0 Å². The van der Waals surface area contributed by atoms with Gasteiger partial charge in [-0.15, -0.1) is 0 Å². The standard InChI is InChI=1S/C21H30N8/c1-21(2,3)17-13-16-19(22-10-12-29(16)25-17)28-11-8-15(14-28)27(6)20-23-9-7-18(24-20)26(4)5/h7,9-10,12-13,15H,8,11,14H2,1-6H3. The van der Waals surface area contributed by atoms with Crippen molar-refractivity contribution in [1.29, 1.82) is 0 Å². The lowest BCUT2D eigenvalue weighted by molar-refractivity contribution is 0.562. The van der Waals surface area contributed by atoms with Crippen LogP contribution in [0.3, 0.4) is 0 Å². The molecule has 0 saturated carbocycles. The van der Waals surface area contributed by atoms with Gasteiger partial charge in [0, 0.05) is 58.2 Å². The molecule has 29 heavy (non-hydrogen) atoms. The predicted molar refractivity (Wildman–Crippen MR) is 117 cm³/mol. The Kier molecular flexibility index (Phi) is 4.80. The molecule has 0 bridgehead atoms. The topological polar surface area (TPSA) is 65.7 Å². The lowest BCUT2D eigenvalue weighted by Crippen LogP contribution is -2.36. The summed E-state index contributed by atoms with van der Waals surface area (Å²) in [5.41, 5.74) is 2.14. The normalized spacial score (nSPS) is 17.2. The molecule has 3 aromatic heterocycles. The highest BCUT2D eigenvalue weighted by atomic mass is 15.3. The van der Waals surface area contributed by atoms with Crippen molar-refractivity contribution in [2.24, 2.45) is 0 Å². The number of anilines is 3. The molecular formula is C21H30N8. The zero-order valence-electron chi connectivity index (χ0n) is 18.2. The number of rotatable bonds is 4. The predicted octanol–water partition coefficient (Wildman–Crippen LogP) is 2.60. The van der Waals surface area contributed by atoms with Crippen LogP contribution in [0.1, 0.15) is 32.9 Å². The SMILES string of the molecule is CN(C)c1ccnc(N(C)C2CCN(c3nccn4nc(C(C)(C)C)cc34)C2)n1. The molecule has 4 rings (SSSR count). The van der Waals surface area contributed by atoms with Crippen molar-refractivity contribution in [2.75, 3.05) is 48.9 Å². The summed E-state index contributed by atoms with van der Waals surface area (Å²) in [6, 6.07) is 4.43. The van der Waals surface area contributed by atoms with E-state index in [2.05, 4.69) is 53.7 Å². The van der Waals surface area contributed by atoms with E-state index in [1.807, 2.05) is 48.2 Å². The van der Waals surface area contributed by atoms with Gasteiger partial charge in [0.2, 0.25) is 5.95 Å². The van der Waals surface area contributed by atoms with Crippen molar-refractivity contribution >= 4 is 23.1 Å². The Morgan fingerprint density at radius 2 is 1.90 bits per heavy atom. The van der Waals surface area contributed by atoms with Gasteiger partial charge in [0.1, 0.15) is 11.3 Å². The number of likely N-dealkylation sites (N-methyl/N-ethyl adjacent to an activating group) is 1. The smallest absolute Gasteiger partial charge is 0.227 e. The molecule has 154 valence electrons. The Labute approximate surface area is 172 Å².